The predicted molar refractivity (Wildman–Crippen MR) is 235 cm³/mol. The zero-order chi connectivity index (χ0) is 50.7. The Balaban J connectivity index is 0.000000200. The van der Waals surface area contributed by atoms with Crippen LogP contribution in [-0.4, -0.2) is 11.8 Å². The molecule has 3 heterocycles. The number of thiophene rings is 2. The van der Waals surface area contributed by atoms with Gasteiger partial charge >= 0.3 is 24.7 Å². The van der Waals surface area contributed by atoms with E-state index in [1.165, 1.54) is 59.4 Å². The maximum absolute atomic E-state index is 13.2. The molecule has 0 aliphatic heterocycles. The molecule has 4 aromatic carbocycles. The number of rotatable bonds is 3. The van der Waals surface area contributed by atoms with Crippen molar-refractivity contribution in [1.29, 1.82) is 10.5 Å². The topological polar surface area (TPSA) is 199 Å². The van der Waals surface area contributed by atoms with Gasteiger partial charge in [0.15, 0.2) is 5.82 Å². The van der Waals surface area contributed by atoms with E-state index in [0.717, 1.165) is 53.0 Å². The van der Waals surface area contributed by atoms with Crippen LogP contribution in [0.1, 0.15) is 52.7 Å². The monoisotopic (exact) mass is 1220 g/mol. The van der Waals surface area contributed by atoms with E-state index < -0.39 is 81.5 Å². The largest absolute Gasteiger partial charge is 0.472 e. The second-order valence-electron chi connectivity index (χ2n) is 12.8. The number of carbonyl (C=O) groups excluding carboxylic acids is 2. The Morgan fingerprint density at radius 1 is 0.582 bits per heavy atom. The highest BCUT2D eigenvalue weighted by Crippen LogP contribution is 2.47. The molecule has 2 amide bonds. The molecule has 0 radical (unpaired) electrons. The van der Waals surface area contributed by atoms with Gasteiger partial charge < -0.3 is 27.4 Å². The molecule has 7 rings (SSSR count). The maximum Gasteiger partial charge on any atom is 0.417 e. The lowest BCUT2D eigenvalue weighted by Gasteiger charge is -2.11. The highest BCUT2D eigenvalue weighted by atomic mass is 127. The molecule has 0 saturated heterocycles. The van der Waals surface area contributed by atoms with Gasteiger partial charge in [-0.05, 0) is 93.7 Å². The van der Waals surface area contributed by atoms with Crippen LogP contribution in [0.5, 0.6) is 0 Å². The van der Waals surface area contributed by atoms with E-state index in [-0.39, 0.29) is 40.2 Å². The Hall–Kier alpha value is -5.92. The summed E-state index contributed by atoms with van der Waals surface area (Å²) in [5, 5.41) is 16.3. The third-order valence-electron chi connectivity index (χ3n) is 8.54. The van der Waals surface area contributed by atoms with Crippen LogP contribution in [0.2, 0.25) is 0 Å². The van der Waals surface area contributed by atoms with Gasteiger partial charge in [-0.15, -0.1) is 22.7 Å². The molecule has 7 aromatic rings. The van der Waals surface area contributed by atoms with E-state index in [4.69, 9.17) is 37.9 Å². The lowest BCUT2D eigenvalue weighted by molar-refractivity contribution is -0.138. The summed E-state index contributed by atoms with van der Waals surface area (Å²) >= 11 is 5.14. The van der Waals surface area contributed by atoms with Crippen molar-refractivity contribution in [2.24, 2.45) is 11.5 Å². The number of hydrogen-bond acceptors (Lipinski definition) is 9. The van der Waals surface area contributed by atoms with E-state index in [9.17, 15) is 71.1 Å². The Kier molecular flexibility index (Phi) is 16.4. The zero-order valence-electron chi connectivity index (χ0n) is 32.2. The first-order valence-electron chi connectivity index (χ1n) is 17.2. The Bertz CT molecular complexity index is 3090. The molecule has 0 aliphatic rings. The number of nitriles is 2. The first kappa shape index (κ1) is 53.7. The maximum atomic E-state index is 13.2. The number of fused-ring (bicyclic) bond motifs is 2. The zero-order valence-corrected chi connectivity index (χ0v) is 38.2. The summed E-state index contributed by atoms with van der Waals surface area (Å²) in [7, 11) is 0. The minimum Gasteiger partial charge on any atom is -0.472 e. The Morgan fingerprint density at radius 3 is 1.45 bits per heavy atom. The predicted octanol–water partition coefficient (Wildman–Crippen LogP) is 13.1. The molecule has 0 bridgehead atoms. The van der Waals surface area contributed by atoms with E-state index >= 15 is 0 Å². The molecular weight excluding hydrogens is 1200 g/mol. The average molecular weight is 1220 g/mol. The van der Waals surface area contributed by atoms with Gasteiger partial charge in [-0.25, -0.2) is 8.78 Å². The van der Waals surface area contributed by atoms with Crippen molar-refractivity contribution >= 4 is 111 Å². The van der Waals surface area contributed by atoms with Crippen molar-refractivity contribution in [2.75, 3.05) is 11.5 Å². The molecule has 0 aliphatic carbocycles. The molecule has 0 atom stereocenters. The van der Waals surface area contributed by atoms with Gasteiger partial charge in [0.25, 0.3) is 11.8 Å². The SMILES string of the molecule is N#Cc1c(C(F)(F)F)ccc(I)c1F.N#Cc1c(F)cccc1C(F)(F)F.NC(=O)c1sc2c(-c3ccoc3)ccc(C(F)(F)F)c2c1N.NC(=O)c1sc2c(I)ccc(C(F)(F)F)c2c1N. The number of nitrogens with zero attached hydrogens (tertiary/aromatic N) is 2. The van der Waals surface area contributed by atoms with Crippen LogP contribution in [-0.2, 0) is 24.7 Å². The number of hydrogen-bond donors (Lipinski definition) is 4. The summed E-state index contributed by atoms with van der Waals surface area (Å²) in [5.41, 5.74) is 16.2. The van der Waals surface area contributed by atoms with Gasteiger partial charge in [0.2, 0.25) is 0 Å². The number of amides is 2. The van der Waals surface area contributed by atoms with E-state index in [0.29, 0.717) is 31.5 Å². The highest BCUT2D eigenvalue weighted by Gasteiger charge is 2.38. The van der Waals surface area contributed by atoms with Crippen molar-refractivity contribution in [1.82, 2.24) is 0 Å². The number of anilines is 2. The molecule has 0 spiro atoms. The molecule has 352 valence electrons. The molecule has 9 nitrogen and oxygen atoms in total. The molecule has 0 fully saturated rings. The van der Waals surface area contributed by atoms with Gasteiger partial charge in [-0.3, -0.25) is 9.59 Å². The summed E-state index contributed by atoms with van der Waals surface area (Å²) in [6, 6.07) is 12.6. The number of halogens is 16. The Labute approximate surface area is 400 Å². The second kappa shape index (κ2) is 20.5. The quantitative estimate of drug-likeness (QED) is 0.0996. The molecule has 8 N–H and O–H groups in total. The van der Waals surface area contributed by atoms with Gasteiger partial charge in [-0.2, -0.15) is 63.2 Å². The van der Waals surface area contributed by atoms with Gasteiger partial charge in [0.1, 0.15) is 33.3 Å². The van der Waals surface area contributed by atoms with Crippen LogP contribution in [0.25, 0.3) is 31.3 Å². The third kappa shape index (κ3) is 12.0. The molecule has 0 saturated carbocycles. The van der Waals surface area contributed by atoms with Crippen molar-refractivity contribution in [3.63, 3.8) is 0 Å². The lowest BCUT2D eigenvalue weighted by Crippen LogP contribution is -2.11. The normalized spacial score (nSPS) is 11.6. The Morgan fingerprint density at radius 2 is 1.01 bits per heavy atom. The molecule has 3 aromatic heterocycles. The van der Waals surface area contributed by atoms with Crippen molar-refractivity contribution < 1.29 is 75.5 Å². The number of primary amides is 2. The summed E-state index contributed by atoms with van der Waals surface area (Å²) in [5.74, 6) is -3.96. The molecule has 0 unspecified atom stereocenters. The number of alkyl halides is 12. The molecular formula is C40H20F14I2N6O3S2. The van der Waals surface area contributed by atoms with Crippen LogP contribution in [0.3, 0.4) is 0 Å². The number of carbonyl (C=O) groups is 2. The van der Waals surface area contributed by atoms with Crippen molar-refractivity contribution in [3.8, 4) is 23.3 Å². The first-order valence-corrected chi connectivity index (χ1v) is 21.0. The summed E-state index contributed by atoms with van der Waals surface area (Å²) < 4.78 is 183. The number of nitrogens with two attached hydrogens (primary N) is 4. The summed E-state index contributed by atoms with van der Waals surface area (Å²) in [6.07, 6.45) is -15.7. The molecule has 27 heteroatoms. The van der Waals surface area contributed by atoms with Crippen LogP contribution in [0.15, 0.2) is 77.6 Å². The number of benzene rings is 4. The van der Waals surface area contributed by atoms with Crippen LogP contribution >= 0.6 is 67.9 Å². The fourth-order valence-electron chi connectivity index (χ4n) is 5.68. The van der Waals surface area contributed by atoms with Gasteiger partial charge in [-0.1, -0.05) is 12.1 Å². The fraction of sp³-hybridized carbons (Fsp3) is 0.100. The van der Waals surface area contributed by atoms with Crippen LogP contribution in [0, 0.1) is 41.4 Å². The summed E-state index contributed by atoms with van der Waals surface area (Å²) in [6.45, 7) is 0. The van der Waals surface area contributed by atoms with Crippen LogP contribution in [0.4, 0.5) is 72.8 Å². The number of furan rings is 1. The lowest BCUT2D eigenvalue weighted by atomic mass is 10.0. The summed E-state index contributed by atoms with van der Waals surface area (Å²) in [4.78, 5) is 22.4. The van der Waals surface area contributed by atoms with Gasteiger partial charge in [0, 0.05) is 30.2 Å². The smallest absolute Gasteiger partial charge is 0.417 e. The highest BCUT2D eigenvalue weighted by molar-refractivity contribution is 14.1. The van der Waals surface area contributed by atoms with Crippen molar-refractivity contribution in [2.45, 2.75) is 24.7 Å². The van der Waals surface area contributed by atoms with Crippen molar-refractivity contribution in [3.05, 3.63) is 135 Å². The minimum atomic E-state index is -4.70. The molecule has 67 heavy (non-hydrogen) atoms. The standard InChI is InChI=1S/C14H9F3N2O2S.C10H6F3IN2OS.C8H2F4IN.C8H3F4N/c15-14(16,17)8-2-1-7(6-3-4-21-5-6)11-9(8)10(18)12(22-11)13(19)20;11-10(12,13)3-1-2-4(14)7-5(3)6(15)8(18-7)9(16)17;9-7-4(3-14)5(8(10,11)12)1-2-6(7)13;9-7-3-1-2-6(5(7)4-13)8(10,11)12/h1-5H,18H2,(H2,19,20);1-2H,15H2,(H2,16,17);1-2H;1-3H. The average Bonchev–Trinajstić information content (AvgIpc) is 3.97. The fourth-order valence-corrected chi connectivity index (χ4v) is 9.04. The van der Waals surface area contributed by atoms with E-state index in [1.807, 2.05) is 22.6 Å². The third-order valence-corrected chi connectivity index (χ3v) is 13.1. The van der Waals surface area contributed by atoms with E-state index in [1.54, 1.807) is 6.07 Å². The van der Waals surface area contributed by atoms with Crippen LogP contribution < -0.4 is 22.9 Å². The number of nitrogen functional groups attached to an aromatic ring is 2. The minimum absolute atomic E-state index is 0.00727. The van der Waals surface area contributed by atoms with Gasteiger partial charge in [0.05, 0.1) is 60.0 Å². The second-order valence-corrected chi connectivity index (χ2v) is 17.1. The first-order chi connectivity index (χ1) is 30.9. The van der Waals surface area contributed by atoms with E-state index in [2.05, 4.69) is 0 Å².